The Hall–Kier alpha value is -2.60. The molecule has 6 nitrogen and oxygen atoms in total. The average molecular weight is 358 g/mol. The summed E-state index contributed by atoms with van der Waals surface area (Å²) in [4.78, 5) is 8.58. The highest BCUT2D eigenvalue weighted by atomic mass is 35.5. The van der Waals surface area contributed by atoms with Crippen LogP contribution in [0, 0.1) is 6.92 Å². The van der Waals surface area contributed by atoms with Gasteiger partial charge >= 0.3 is 0 Å². The van der Waals surface area contributed by atoms with Crippen LogP contribution in [-0.4, -0.2) is 33.8 Å². The lowest BCUT2D eigenvalue weighted by Crippen LogP contribution is -2.03. The Morgan fingerprint density at radius 3 is 2.80 bits per heavy atom. The first-order chi connectivity index (χ1) is 12.1. The largest absolute Gasteiger partial charge is 0.497 e. The molecule has 7 heteroatoms. The average Bonchev–Trinajstić information content (AvgIpc) is 3.08. The van der Waals surface area contributed by atoms with E-state index in [1.807, 2.05) is 31.3 Å². The Labute approximate surface area is 151 Å². The number of halogens is 1. The Bertz CT molecular complexity index is 878. The molecular weight excluding hydrogens is 338 g/mol. The Kier molecular flexibility index (Phi) is 5.19. The second kappa shape index (κ2) is 7.53. The van der Waals surface area contributed by atoms with Crippen LogP contribution in [0.2, 0.25) is 5.28 Å². The molecule has 0 fully saturated rings. The lowest BCUT2D eigenvalue weighted by atomic mass is 10.0. The van der Waals surface area contributed by atoms with Crippen molar-refractivity contribution < 1.29 is 4.74 Å². The quantitative estimate of drug-likeness (QED) is 0.642. The molecule has 0 aliphatic carbocycles. The maximum absolute atomic E-state index is 6.10. The Morgan fingerprint density at radius 1 is 1.20 bits per heavy atom. The van der Waals surface area contributed by atoms with Gasteiger partial charge in [0.25, 0.3) is 0 Å². The summed E-state index contributed by atoms with van der Waals surface area (Å²) in [6, 6.07) is 7.86. The minimum Gasteiger partial charge on any atom is -0.497 e. The summed E-state index contributed by atoms with van der Waals surface area (Å²) in [5.41, 5.74) is 4.40. The molecular formula is C18H20ClN5O. The normalized spacial score (nSPS) is 10.7. The summed E-state index contributed by atoms with van der Waals surface area (Å²) in [5.74, 6) is 1.49. The topological polar surface area (TPSA) is 75.7 Å². The maximum atomic E-state index is 6.10. The molecule has 0 unspecified atom stereocenters. The Balaban J connectivity index is 2.05. The number of rotatable bonds is 6. The van der Waals surface area contributed by atoms with E-state index in [0.29, 0.717) is 11.5 Å². The van der Waals surface area contributed by atoms with Gasteiger partial charge in [-0.3, -0.25) is 5.10 Å². The Morgan fingerprint density at radius 2 is 2.04 bits per heavy atom. The standard InChI is InChI=1S/C18H20ClN5O/c1-4-5-20-16-9-15(22-18(19)23-16)14-10-21-24-17(14)12-6-11(2)7-13(8-12)25-3/h6-10H,4-5H2,1-3H3,(H,21,24)(H,20,22,23). The summed E-state index contributed by atoms with van der Waals surface area (Å²) in [7, 11) is 1.65. The van der Waals surface area contributed by atoms with E-state index in [9.17, 15) is 0 Å². The molecule has 0 atom stereocenters. The van der Waals surface area contributed by atoms with Crippen LogP contribution in [0.3, 0.4) is 0 Å². The van der Waals surface area contributed by atoms with Crippen LogP contribution in [0.25, 0.3) is 22.5 Å². The third-order valence-corrected chi connectivity index (χ3v) is 3.90. The molecule has 0 spiro atoms. The van der Waals surface area contributed by atoms with Crippen LogP contribution in [0.15, 0.2) is 30.5 Å². The van der Waals surface area contributed by atoms with Crippen LogP contribution in [0.5, 0.6) is 5.75 Å². The highest BCUT2D eigenvalue weighted by molar-refractivity contribution is 6.28. The summed E-state index contributed by atoms with van der Waals surface area (Å²) in [6.45, 7) is 4.93. The van der Waals surface area contributed by atoms with E-state index in [1.165, 1.54) is 0 Å². The van der Waals surface area contributed by atoms with Crippen molar-refractivity contribution in [2.45, 2.75) is 20.3 Å². The van der Waals surface area contributed by atoms with Gasteiger partial charge in [0.15, 0.2) is 0 Å². The fourth-order valence-corrected chi connectivity index (χ4v) is 2.79. The molecule has 0 radical (unpaired) electrons. The van der Waals surface area contributed by atoms with Gasteiger partial charge in [-0.25, -0.2) is 9.97 Å². The number of aryl methyl sites for hydroxylation is 1. The number of aromatic amines is 1. The number of hydrogen-bond acceptors (Lipinski definition) is 5. The van der Waals surface area contributed by atoms with E-state index in [4.69, 9.17) is 16.3 Å². The van der Waals surface area contributed by atoms with Crippen molar-refractivity contribution in [3.63, 3.8) is 0 Å². The molecule has 0 aliphatic rings. The van der Waals surface area contributed by atoms with Crippen LogP contribution in [0.1, 0.15) is 18.9 Å². The third kappa shape index (κ3) is 3.91. The molecule has 0 aliphatic heterocycles. The summed E-state index contributed by atoms with van der Waals surface area (Å²) < 4.78 is 5.37. The zero-order valence-electron chi connectivity index (χ0n) is 14.4. The van der Waals surface area contributed by atoms with Gasteiger partial charge in [-0.05, 0) is 48.7 Å². The van der Waals surface area contributed by atoms with Gasteiger partial charge in [-0.2, -0.15) is 5.10 Å². The molecule has 3 rings (SSSR count). The molecule has 0 saturated heterocycles. The van der Waals surface area contributed by atoms with Gasteiger partial charge in [-0.1, -0.05) is 6.92 Å². The zero-order chi connectivity index (χ0) is 17.8. The van der Waals surface area contributed by atoms with Crippen molar-refractivity contribution >= 4 is 17.4 Å². The van der Waals surface area contributed by atoms with E-state index in [2.05, 4.69) is 38.5 Å². The van der Waals surface area contributed by atoms with Gasteiger partial charge in [0, 0.05) is 29.9 Å². The first-order valence-electron chi connectivity index (χ1n) is 8.09. The predicted molar refractivity (Wildman–Crippen MR) is 100 cm³/mol. The van der Waals surface area contributed by atoms with Crippen molar-refractivity contribution in [2.24, 2.45) is 0 Å². The first-order valence-corrected chi connectivity index (χ1v) is 8.47. The molecule has 0 saturated carbocycles. The van der Waals surface area contributed by atoms with Gasteiger partial charge < -0.3 is 10.1 Å². The van der Waals surface area contributed by atoms with Gasteiger partial charge in [0.2, 0.25) is 5.28 Å². The first kappa shape index (κ1) is 17.2. The number of benzene rings is 1. The van der Waals surface area contributed by atoms with Crippen LogP contribution < -0.4 is 10.1 Å². The fraction of sp³-hybridized carbons (Fsp3) is 0.278. The van der Waals surface area contributed by atoms with Crippen LogP contribution >= 0.6 is 11.6 Å². The van der Waals surface area contributed by atoms with Crippen molar-refractivity contribution in [3.8, 4) is 28.3 Å². The molecule has 1 aromatic carbocycles. The molecule has 2 aromatic heterocycles. The minimum atomic E-state index is 0.199. The number of ether oxygens (including phenoxy) is 1. The van der Waals surface area contributed by atoms with Crippen LogP contribution in [-0.2, 0) is 0 Å². The second-order valence-corrected chi connectivity index (χ2v) is 6.06. The summed E-state index contributed by atoms with van der Waals surface area (Å²) in [6.07, 6.45) is 2.81. The van der Waals surface area contributed by atoms with E-state index in [-0.39, 0.29) is 5.28 Å². The van der Waals surface area contributed by atoms with Crippen molar-refractivity contribution in [1.82, 2.24) is 20.2 Å². The molecule has 0 bridgehead atoms. The smallest absolute Gasteiger partial charge is 0.224 e. The molecule has 3 aromatic rings. The maximum Gasteiger partial charge on any atom is 0.224 e. The summed E-state index contributed by atoms with van der Waals surface area (Å²) >= 11 is 6.10. The minimum absolute atomic E-state index is 0.199. The van der Waals surface area contributed by atoms with Gasteiger partial charge in [0.05, 0.1) is 12.8 Å². The van der Waals surface area contributed by atoms with Crippen molar-refractivity contribution in [3.05, 3.63) is 41.3 Å². The van der Waals surface area contributed by atoms with Crippen molar-refractivity contribution in [1.29, 1.82) is 0 Å². The molecule has 2 N–H and O–H groups in total. The number of hydrogen-bond donors (Lipinski definition) is 2. The van der Waals surface area contributed by atoms with Crippen molar-refractivity contribution in [2.75, 3.05) is 19.0 Å². The predicted octanol–water partition coefficient (Wildman–Crippen LogP) is 4.33. The zero-order valence-corrected chi connectivity index (χ0v) is 15.2. The molecule has 130 valence electrons. The lowest BCUT2D eigenvalue weighted by molar-refractivity contribution is 0.414. The molecule has 25 heavy (non-hydrogen) atoms. The second-order valence-electron chi connectivity index (χ2n) is 5.72. The van der Waals surface area contributed by atoms with Gasteiger partial charge in [0.1, 0.15) is 17.3 Å². The number of methoxy groups -OCH3 is 1. The van der Waals surface area contributed by atoms with Gasteiger partial charge in [-0.15, -0.1) is 0 Å². The highest BCUT2D eigenvalue weighted by Crippen LogP contribution is 2.33. The highest BCUT2D eigenvalue weighted by Gasteiger charge is 2.15. The SMILES string of the molecule is CCCNc1cc(-c2c[nH]nc2-c2cc(C)cc(OC)c2)nc(Cl)n1. The molecule has 2 heterocycles. The summed E-state index contributed by atoms with van der Waals surface area (Å²) in [5, 5.41) is 10.8. The number of anilines is 1. The monoisotopic (exact) mass is 357 g/mol. The number of nitrogens with one attached hydrogen (secondary N) is 2. The third-order valence-electron chi connectivity index (χ3n) is 3.73. The lowest BCUT2D eigenvalue weighted by Gasteiger charge is -2.09. The molecule has 0 amide bonds. The van der Waals surface area contributed by atoms with E-state index in [0.717, 1.165) is 41.1 Å². The van der Waals surface area contributed by atoms with E-state index in [1.54, 1.807) is 7.11 Å². The van der Waals surface area contributed by atoms with Crippen LogP contribution in [0.4, 0.5) is 5.82 Å². The number of nitrogens with zero attached hydrogens (tertiary/aromatic N) is 3. The number of aromatic nitrogens is 4. The fourth-order valence-electron chi connectivity index (χ4n) is 2.61. The van der Waals surface area contributed by atoms with E-state index < -0.39 is 0 Å². The van der Waals surface area contributed by atoms with E-state index >= 15 is 0 Å². The number of H-pyrrole nitrogens is 1.